The zero-order valence-corrected chi connectivity index (χ0v) is 12.5. The van der Waals surface area contributed by atoms with Gasteiger partial charge in [0.15, 0.2) is 0 Å². The van der Waals surface area contributed by atoms with Crippen molar-refractivity contribution in [3.8, 4) is 0 Å². The molecule has 0 aliphatic rings. The molecule has 0 fully saturated rings. The highest BCUT2D eigenvalue weighted by atomic mass is 79.9. The number of hydrogen-bond acceptors (Lipinski definition) is 2. The second kappa shape index (κ2) is 7.85. The Bertz CT molecular complexity index is 311. The number of hydrogen-bond donors (Lipinski definition) is 1. The number of nitrogens with one attached hydrogen (secondary N) is 1. The lowest BCUT2D eigenvalue weighted by Crippen LogP contribution is -2.29. The molecule has 0 saturated carbocycles. The van der Waals surface area contributed by atoms with Crippen LogP contribution in [0.2, 0.25) is 0 Å². The van der Waals surface area contributed by atoms with Crippen LogP contribution >= 0.6 is 15.9 Å². The van der Waals surface area contributed by atoms with E-state index in [1.807, 2.05) is 0 Å². The predicted octanol–water partition coefficient (Wildman–Crippen LogP) is 3.91. The van der Waals surface area contributed by atoms with E-state index in [9.17, 15) is 0 Å². The Hall–Kier alpha value is -0.380. The molecule has 0 saturated heterocycles. The molecule has 0 spiro atoms. The van der Waals surface area contributed by atoms with Gasteiger partial charge in [0, 0.05) is 23.7 Å². The van der Waals surface area contributed by atoms with Crippen LogP contribution in [0.5, 0.6) is 0 Å². The highest BCUT2D eigenvalue weighted by molar-refractivity contribution is 9.10. The number of benzene rings is 1. The van der Waals surface area contributed by atoms with Crippen molar-refractivity contribution in [1.82, 2.24) is 5.32 Å². The Morgan fingerprint density at radius 2 is 1.88 bits per heavy atom. The highest BCUT2D eigenvalue weighted by Crippen LogP contribution is 2.20. The van der Waals surface area contributed by atoms with Gasteiger partial charge in [-0.1, -0.05) is 48.8 Å². The summed E-state index contributed by atoms with van der Waals surface area (Å²) >= 11 is 3.45. The van der Waals surface area contributed by atoms with Gasteiger partial charge in [-0.05, 0) is 24.1 Å². The fourth-order valence-corrected chi connectivity index (χ4v) is 1.82. The van der Waals surface area contributed by atoms with Crippen molar-refractivity contribution in [2.75, 3.05) is 13.2 Å². The van der Waals surface area contributed by atoms with Crippen molar-refractivity contribution in [1.29, 1.82) is 0 Å². The van der Waals surface area contributed by atoms with E-state index in [1.165, 1.54) is 5.56 Å². The quantitative estimate of drug-likeness (QED) is 0.824. The summed E-state index contributed by atoms with van der Waals surface area (Å²) in [7, 11) is 0. The minimum absolute atomic E-state index is 0.144. The van der Waals surface area contributed by atoms with Crippen LogP contribution in [0, 0.1) is 0 Å². The minimum Gasteiger partial charge on any atom is -0.372 e. The van der Waals surface area contributed by atoms with Crippen molar-refractivity contribution in [3.63, 3.8) is 0 Å². The third kappa shape index (κ3) is 5.66. The van der Waals surface area contributed by atoms with E-state index in [0.29, 0.717) is 6.04 Å². The van der Waals surface area contributed by atoms with Gasteiger partial charge in [-0.2, -0.15) is 0 Å². The van der Waals surface area contributed by atoms with Gasteiger partial charge in [0.2, 0.25) is 0 Å². The molecule has 17 heavy (non-hydrogen) atoms. The lowest BCUT2D eigenvalue weighted by molar-refractivity contribution is 0.0517. The molecule has 1 atom stereocenters. The summed E-state index contributed by atoms with van der Waals surface area (Å²) in [6.07, 6.45) is 1.19. The average molecular weight is 300 g/mol. The standard InChI is InChI=1S/C14H22BrNO/c1-4-9-17-14(10-16-11(2)3)12-5-7-13(15)8-6-12/h5-8,11,14,16H,4,9-10H2,1-3H3. The Morgan fingerprint density at radius 3 is 2.41 bits per heavy atom. The van der Waals surface area contributed by atoms with Crippen molar-refractivity contribution in [2.24, 2.45) is 0 Å². The fourth-order valence-electron chi connectivity index (χ4n) is 1.55. The fraction of sp³-hybridized carbons (Fsp3) is 0.571. The van der Waals surface area contributed by atoms with E-state index in [1.54, 1.807) is 0 Å². The molecule has 0 aromatic heterocycles. The van der Waals surface area contributed by atoms with Crippen LogP contribution < -0.4 is 5.32 Å². The molecule has 1 N–H and O–H groups in total. The normalized spacial score (nSPS) is 13.0. The van der Waals surface area contributed by atoms with Crippen LogP contribution in [-0.4, -0.2) is 19.2 Å². The van der Waals surface area contributed by atoms with Gasteiger partial charge < -0.3 is 10.1 Å². The van der Waals surface area contributed by atoms with E-state index < -0.39 is 0 Å². The summed E-state index contributed by atoms with van der Waals surface area (Å²) in [5.41, 5.74) is 1.23. The zero-order chi connectivity index (χ0) is 12.7. The summed E-state index contributed by atoms with van der Waals surface area (Å²) in [6.45, 7) is 8.10. The van der Waals surface area contributed by atoms with E-state index in [4.69, 9.17) is 4.74 Å². The molecule has 1 rings (SSSR count). The zero-order valence-electron chi connectivity index (χ0n) is 10.9. The van der Waals surface area contributed by atoms with Crippen LogP contribution in [0.3, 0.4) is 0 Å². The summed E-state index contributed by atoms with van der Waals surface area (Å²) in [5.74, 6) is 0. The Kier molecular flexibility index (Phi) is 6.78. The summed E-state index contributed by atoms with van der Waals surface area (Å²) < 4.78 is 6.99. The summed E-state index contributed by atoms with van der Waals surface area (Å²) in [5, 5.41) is 3.43. The van der Waals surface area contributed by atoms with Crippen LogP contribution in [-0.2, 0) is 4.74 Å². The Morgan fingerprint density at radius 1 is 1.24 bits per heavy atom. The smallest absolute Gasteiger partial charge is 0.0949 e. The van der Waals surface area contributed by atoms with Crippen LogP contribution in [0.4, 0.5) is 0 Å². The van der Waals surface area contributed by atoms with Crippen molar-refractivity contribution in [2.45, 2.75) is 39.3 Å². The molecule has 1 aromatic rings. The van der Waals surface area contributed by atoms with Gasteiger partial charge in [-0.25, -0.2) is 0 Å². The molecule has 0 bridgehead atoms. The van der Waals surface area contributed by atoms with Gasteiger partial charge in [0.05, 0.1) is 6.10 Å². The molecular weight excluding hydrogens is 278 g/mol. The average Bonchev–Trinajstić information content (AvgIpc) is 2.30. The number of ether oxygens (including phenoxy) is 1. The molecule has 0 aliphatic heterocycles. The Labute approximate surface area is 113 Å². The first-order chi connectivity index (χ1) is 8.13. The first-order valence-corrected chi connectivity index (χ1v) is 7.03. The van der Waals surface area contributed by atoms with Crippen LogP contribution in [0.25, 0.3) is 0 Å². The number of rotatable bonds is 7. The van der Waals surface area contributed by atoms with E-state index >= 15 is 0 Å². The molecule has 0 amide bonds. The third-order valence-electron chi connectivity index (χ3n) is 2.48. The largest absolute Gasteiger partial charge is 0.372 e. The van der Waals surface area contributed by atoms with E-state index in [-0.39, 0.29) is 6.10 Å². The third-order valence-corrected chi connectivity index (χ3v) is 3.01. The second-order valence-corrected chi connectivity index (χ2v) is 5.39. The molecule has 2 nitrogen and oxygen atoms in total. The number of halogens is 1. The first-order valence-electron chi connectivity index (χ1n) is 6.24. The predicted molar refractivity (Wildman–Crippen MR) is 76.3 cm³/mol. The van der Waals surface area contributed by atoms with Crippen LogP contribution in [0.15, 0.2) is 28.7 Å². The van der Waals surface area contributed by atoms with Gasteiger partial charge in [-0.15, -0.1) is 0 Å². The van der Waals surface area contributed by atoms with Gasteiger partial charge in [0.25, 0.3) is 0 Å². The highest BCUT2D eigenvalue weighted by Gasteiger charge is 2.11. The summed E-state index contributed by atoms with van der Waals surface area (Å²) in [4.78, 5) is 0. The van der Waals surface area contributed by atoms with Crippen molar-refractivity contribution < 1.29 is 4.74 Å². The lowest BCUT2D eigenvalue weighted by Gasteiger charge is -2.20. The molecule has 1 unspecified atom stereocenters. The van der Waals surface area contributed by atoms with E-state index in [0.717, 1.165) is 24.0 Å². The van der Waals surface area contributed by atoms with Gasteiger partial charge in [0.1, 0.15) is 0 Å². The molecule has 0 aliphatic carbocycles. The molecule has 1 aromatic carbocycles. The van der Waals surface area contributed by atoms with E-state index in [2.05, 4.69) is 66.3 Å². The second-order valence-electron chi connectivity index (χ2n) is 4.47. The lowest BCUT2D eigenvalue weighted by atomic mass is 10.1. The van der Waals surface area contributed by atoms with Crippen molar-refractivity contribution in [3.05, 3.63) is 34.3 Å². The molecular formula is C14H22BrNO. The maximum atomic E-state index is 5.89. The molecule has 0 heterocycles. The van der Waals surface area contributed by atoms with Crippen LogP contribution in [0.1, 0.15) is 38.9 Å². The first kappa shape index (κ1) is 14.7. The van der Waals surface area contributed by atoms with Crippen molar-refractivity contribution >= 4 is 15.9 Å². The molecule has 3 heteroatoms. The molecule has 96 valence electrons. The molecule has 0 radical (unpaired) electrons. The topological polar surface area (TPSA) is 21.3 Å². The SMILES string of the molecule is CCCOC(CNC(C)C)c1ccc(Br)cc1. The maximum Gasteiger partial charge on any atom is 0.0949 e. The Balaban J connectivity index is 2.63. The maximum absolute atomic E-state index is 5.89. The monoisotopic (exact) mass is 299 g/mol. The minimum atomic E-state index is 0.144. The van der Waals surface area contributed by atoms with Gasteiger partial charge >= 0.3 is 0 Å². The van der Waals surface area contributed by atoms with Gasteiger partial charge in [-0.3, -0.25) is 0 Å². The summed E-state index contributed by atoms with van der Waals surface area (Å²) in [6, 6.07) is 8.84.